The van der Waals surface area contributed by atoms with E-state index in [1.165, 1.54) is 28.4 Å². The highest BCUT2D eigenvalue weighted by atomic mass is 32.2. The summed E-state index contributed by atoms with van der Waals surface area (Å²) in [5.41, 5.74) is 1.06. The van der Waals surface area contributed by atoms with Gasteiger partial charge < -0.3 is 5.11 Å². The minimum atomic E-state index is -0.901. The average Bonchev–Trinajstić information content (AvgIpc) is 2.81. The van der Waals surface area contributed by atoms with Gasteiger partial charge in [0.15, 0.2) is 0 Å². The number of carboxylic acids is 1. The van der Waals surface area contributed by atoms with E-state index >= 15 is 0 Å². The van der Waals surface area contributed by atoms with Crippen molar-refractivity contribution in [2.45, 2.75) is 17.9 Å². The van der Waals surface area contributed by atoms with Crippen LogP contribution in [0.5, 0.6) is 0 Å². The van der Waals surface area contributed by atoms with E-state index in [4.69, 9.17) is 22.6 Å². The zero-order chi connectivity index (χ0) is 17.7. The highest BCUT2D eigenvalue weighted by Gasteiger charge is 2.31. The third kappa shape index (κ3) is 4.35. The van der Waals surface area contributed by atoms with Crippen molar-refractivity contribution in [3.05, 3.63) is 28.3 Å². The summed E-state index contributed by atoms with van der Waals surface area (Å²) in [5, 5.41) is 18.3. The Morgan fingerprint density at radius 3 is 2.96 bits per heavy atom. The molecule has 0 unspecified atom stereocenters. The molecule has 1 amide bonds. The van der Waals surface area contributed by atoms with Gasteiger partial charge in [0, 0.05) is 13.0 Å². The van der Waals surface area contributed by atoms with Crippen LogP contribution in [-0.2, 0) is 9.59 Å². The number of nitrogens with zero attached hydrogens (tertiary/aromatic N) is 3. The van der Waals surface area contributed by atoms with Gasteiger partial charge in [-0.2, -0.15) is 5.26 Å². The lowest BCUT2D eigenvalue weighted by Crippen LogP contribution is -2.29. The van der Waals surface area contributed by atoms with Crippen LogP contribution in [0.25, 0.3) is 6.08 Å². The summed E-state index contributed by atoms with van der Waals surface area (Å²) in [4.78, 5) is 29.2. The van der Waals surface area contributed by atoms with Gasteiger partial charge in [-0.3, -0.25) is 14.5 Å². The third-order valence-electron chi connectivity index (χ3n) is 3.12. The minimum absolute atomic E-state index is 0.00956. The van der Waals surface area contributed by atoms with Gasteiger partial charge in [-0.15, -0.1) is 11.8 Å². The van der Waals surface area contributed by atoms with Crippen molar-refractivity contribution < 1.29 is 14.7 Å². The number of thioether (sulfide) groups is 2. The number of amides is 1. The maximum absolute atomic E-state index is 12.4. The molecule has 0 bridgehead atoms. The van der Waals surface area contributed by atoms with E-state index in [1.54, 1.807) is 18.2 Å². The van der Waals surface area contributed by atoms with E-state index < -0.39 is 5.97 Å². The molecule has 1 aromatic heterocycles. The zero-order valence-corrected chi connectivity index (χ0v) is 15.1. The largest absolute Gasteiger partial charge is 0.481 e. The van der Waals surface area contributed by atoms with E-state index in [2.05, 4.69) is 11.1 Å². The molecule has 6 nitrogen and oxygen atoms in total. The van der Waals surface area contributed by atoms with Crippen LogP contribution >= 0.6 is 35.7 Å². The first kappa shape index (κ1) is 18.4. The van der Waals surface area contributed by atoms with Gasteiger partial charge in [0.25, 0.3) is 5.91 Å². The van der Waals surface area contributed by atoms with Crippen LogP contribution in [0.1, 0.15) is 24.1 Å². The van der Waals surface area contributed by atoms with Crippen molar-refractivity contribution >= 4 is 58.0 Å². The summed E-state index contributed by atoms with van der Waals surface area (Å²) < 4.78 is 0.412. The molecule has 1 saturated heterocycles. The minimum Gasteiger partial charge on any atom is -0.481 e. The fourth-order valence-electron chi connectivity index (χ4n) is 1.99. The number of pyridine rings is 1. The van der Waals surface area contributed by atoms with Crippen LogP contribution < -0.4 is 0 Å². The summed E-state index contributed by atoms with van der Waals surface area (Å²) in [6.07, 6.45) is 3.80. The molecule has 1 aliphatic heterocycles. The second-order valence-electron chi connectivity index (χ2n) is 4.74. The number of aliphatic carboxylic acids is 1. The highest BCUT2D eigenvalue weighted by molar-refractivity contribution is 8.26. The zero-order valence-electron chi connectivity index (χ0n) is 12.7. The van der Waals surface area contributed by atoms with Gasteiger partial charge in [0.1, 0.15) is 15.4 Å². The molecule has 0 spiro atoms. The first-order valence-electron chi connectivity index (χ1n) is 6.88. The number of aromatic nitrogens is 1. The van der Waals surface area contributed by atoms with Crippen LogP contribution in [0, 0.1) is 11.3 Å². The lowest BCUT2D eigenvalue weighted by molar-refractivity contribution is -0.137. The number of thiocarbonyl (C=S) groups is 1. The fourth-order valence-corrected chi connectivity index (χ4v) is 3.81. The second-order valence-corrected chi connectivity index (χ2v) is 7.21. The number of carbonyl (C=O) groups excluding carboxylic acids is 1. The van der Waals surface area contributed by atoms with E-state index in [0.717, 1.165) is 0 Å². The van der Waals surface area contributed by atoms with Crippen LogP contribution in [0.3, 0.4) is 0 Å². The van der Waals surface area contributed by atoms with Gasteiger partial charge >= 0.3 is 5.97 Å². The Morgan fingerprint density at radius 2 is 2.33 bits per heavy atom. The van der Waals surface area contributed by atoms with Gasteiger partial charge in [0.2, 0.25) is 0 Å². The molecule has 1 aromatic rings. The Morgan fingerprint density at radius 1 is 1.58 bits per heavy atom. The maximum Gasteiger partial charge on any atom is 0.303 e. The molecule has 0 saturated carbocycles. The second kappa shape index (κ2) is 8.28. The smallest absolute Gasteiger partial charge is 0.303 e. The summed E-state index contributed by atoms with van der Waals surface area (Å²) in [6, 6.07) is 5.41. The topological polar surface area (TPSA) is 94.3 Å². The monoisotopic (exact) mass is 379 g/mol. The Hall–Kier alpha value is -1.89. The molecule has 9 heteroatoms. The van der Waals surface area contributed by atoms with E-state index in [-0.39, 0.29) is 18.9 Å². The molecule has 2 heterocycles. The van der Waals surface area contributed by atoms with Crippen molar-refractivity contribution in [1.82, 2.24) is 9.88 Å². The summed E-state index contributed by atoms with van der Waals surface area (Å²) in [5.74, 6) is -1.14. The van der Waals surface area contributed by atoms with Gasteiger partial charge in [-0.05, 0) is 30.9 Å². The Kier molecular flexibility index (Phi) is 6.36. The van der Waals surface area contributed by atoms with Crippen molar-refractivity contribution in [3.8, 4) is 6.07 Å². The molecule has 2 rings (SSSR count). The van der Waals surface area contributed by atoms with Crippen molar-refractivity contribution in [3.63, 3.8) is 0 Å². The van der Waals surface area contributed by atoms with Crippen molar-refractivity contribution in [2.24, 2.45) is 0 Å². The van der Waals surface area contributed by atoms with E-state index in [1.807, 2.05) is 6.26 Å². The predicted octanol–water partition coefficient (Wildman–Crippen LogP) is 2.74. The van der Waals surface area contributed by atoms with Crippen LogP contribution in [-0.4, -0.2) is 44.0 Å². The molecule has 0 atom stereocenters. The summed E-state index contributed by atoms with van der Waals surface area (Å²) >= 11 is 7.72. The third-order valence-corrected chi connectivity index (χ3v) is 5.20. The predicted molar refractivity (Wildman–Crippen MR) is 97.5 cm³/mol. The number of rotatable bonds is 6. The first-order valence-corrected chi connectivity index (χ1v) is 9.33. The normalized spacial score (nSPS) is 15.8. The van der Waals surface area contributed by atoms with E-state index in [9.17, 15) is 9.59 Å². The molecule has 1 fully saturated rings. The highest BCUT2D eigenvalue weighted by Crippen LogP contribution is 2.32. The van der Waals surface area contributed by atoms with Gasteiger partial charge in [-0.25, -0.2) is 4.98 Å². The molecular weight excluding hydrogens is 366 g/mol. The molecule has 0 radical (unpaired) electrons. The number of nitriles is 1. The lowest BCUT2D eigenvalue weighted by Gasteiger charge is -2.13. The van der Waals surface area contributed by atoms with Crippen LogP contribution in [0.15, 0.2) is 22.1 Å². The molecule has 1 N–H and O–H groups in total. The van der Waals surface area contributed by atoms with Gasteiger partial charge in [-0.1, -0.05) is 24.0 Å². The van der Waals surface area contributed by atoms with Gasteiger partial charge in [0.05, 0.1) is 16.2 Å². The molecule has 0 aliphatic carbocycles. The SMILES string of the molecule is CSc1nc(/C=C2/SC(=S)N(CCCC(=O)O)C2=O)ccc1C#N. The standard InChI is InChI=1S/C15H13N3O3S3/c1-23-13-9(8-16)4-5-10(17-13)7-11-14(21)18(15(22)24-11)6-2-3-12(19)20/h4-5,7H,2-3,6H2,1H3,(H,19,20)/b11-7+. The van der Waals surface area contributed by atoms with Crippen molar-refractivity contribution in [1.29, 1.82) is 5.26 Å². The average molecular weight is 379 g/mol. The Bertz CT molecular complexity index is 771. The van der Waals surface area contributed by atoms with E-state index in [0.29, 0.717) is 31.9 Å². The number of carbonyl (C=O) groups is 2. The quantitative estimate of drug-likeness (QED) is 0.458. The maximum atomic E-state index is 12.4. The van der Waals surface area contributed by atoms with Crippen molar-refractivity contribution in [2.75, 3.05) is 12.8 Å². The Balaban J connectivity index is 2.16. The molecule has 1 aliphatic rings. The lowest BCUT2D eigenvalue weighted by atomic mass is 10.2. The summed E-state index contributed by atoms with van der Waals surface area (Å²) in [6.45, 7) is 0.283. The molecular formula is C15H13N3O3S3. The molecule has 0 aromatic carbocycles. The first-order chi connectivity index (χ1) is 11.5. The number of hydrogen-bond donors (Lipinski definition) is 1. The fraction of sp³-hybridized carbons (Fsp3) is 0.267. The van der Waals surface area contributed by atoms with Crippen LogP contribution in [0.4, 0.5) is 0 Å². The van der Waals surface area contributed by atoms with Crippen LogP contribution in [0.2, 0.25) is 0 Å². The Labute approximate surface area is 152 Å². The number of carboxylic acid groups (broad SMARTS) is 1. The summed E-state index contributed by atoms with van der Waals surface area (Å²) in [7, 11) is 0. The number of hydrogen-bond acceptors (Lipinski definition) is 7. The molecule has 24 heavy (non-hydrogen) atoms. The molecule has 124 valence electrons.